The molecule has 7 heteroatoms. The molecule has 0 unspecified atom stereocenters. The number of aryl methyl sites for hydroxylation is 1. The van der Waals surface area contributed by atoms with Crippen LogP contribution in [-0.4, -0.2) is 31.0 Å². The van der Waals surface area contributed by atoms with E-state index in [2.05, 4.69) is 19.8 Å². The first-order valence-corrected chi connectivity index (χ1v) is 3.73. The Morgan fingerprint density at radius 1 is 1.64 bits per heavy atom. The van der Waals surface area contributed by atoms with Gasteiger partial charge < -0.3 is 9.63 Å². The molecule has 0 saturated heterocycles. The Hall–Kier alpha value is -2.18. The fourth-order valence-corrected chi connectivity index (χ4v) is 0.964. The number of aromatic carboxylic acids is 1. The highest BCUT2D eigenvalue weighted by atomic mass is 16.5. The van der Waals surface area contributed by atoms with Crippen molar-refractivity contribution < 1.29 is 14.4 Å². The monoisotopic (exact) mass is 194 g/mol. The predicted molar refractivity (Wildman–Crippen MR) is 43.5 cm³/mol. The first-order chi connectivity index (χ1) is 6.66. The molecule has 14 heavy (non-hydrogen) atoms. The third kappa shape index (κ3) is 1.35. The quantitative estimate of drug-likeness (QED) is 0.732. The van der Waals surface area contributed by atoms with Gasteiger partial charge in [0.05, 0.1) is 11.8 Å². The molecule has 2 rings (SSSR count). The van der Waals surface area contributed by atoms with Gasteiger partial charge in [0.1, 0.15) is 0 Å². The fourth-order valence-electron chi connectivity index (χ4n) is 0.964. The second-order valence-corrected chi connectivity index (χ2v) is 2.63. The summed E-state index contributed by atoms with van der Waals surface area (Å²) < 4.78 is 6.05. The van der Waals surface area contributed by atoms with Crippen LogP contribution in [-0.2, 0) is 7.05 Å². The smallest absolute Gasteiger partial charge is 0.394 e. The van der Waals surface area contributed by atoms with Gasteiger partial charge in [-0.1, -0.05) is 5.16 Å². The van der Waals surface area contributed by atoms with Crippen LogP contribution in [0.1, 0.15) is 10.7 Å². The average molecular weight is 194 g/mol. The number of nitrogens with zero attached hydrogens (tertiary/aromatic N) is 4. The zero-order chi connectivity index (χ0) is 10.1. The maximum atomic E-state index is 10.4. The lowest BCUT2D eigenvalue weighted by molar-refractivity contribution is 0.0643. The van der Waals surface area contributed by atoms with Crippen molar-refractivity contribution in [2.75, 3.05) is 0 Å². The summed E-state index contributed by atoms with van der Waals surface area (Å²) in [6, 6.07) is 0. The van der Waals surface area contributed by atoms with Gasteiger partial charge >= 0.3 is 11.9 Å². The molecular weight excluding hydrogens is 188 g/mol. The second-order valence-electron chi connectivity index (χ2n) is 2.63. The van der Waals surface area contributed by atoms with Gasteiger partial charge in [-0.2, -0.15) is 10.1 Å². The van der Waals surface area contributed by atoms with E-state index in [0.29, 0.717) is 5.56 Å². The maximum Gasteiger partial charge on any atom is 0.394 e. The summed E-state index contributed by atoms with van der Waals surface area (Å²) in [6.07, 6.45) is 3.19. The molecule has 0 fully saturated rings. The number of hydrogen-bond donors (Lipinski definition) is 1. The van der Waals surface area contributed by atoms with Gasteiger partial charge in [0.25, 0.3) is 0 Å². The summed E-state index contributed by atoms with van der Waals surface area (Å²) in [5.74, 6) is -1.45. The molecule has 0 radical (unpaired) electrons. The molecule has 72 valence electrons. The molecule has 2 heterocycles. The highest BCUT2D eigenvalue weighted by Gasteiger charge is 2.14. The van der Waals surface area contributed by atoms with Gasteiger partial charge in [0, 0.05) is 13.2 Å². The lowest BCUT2D eigenvalue weighted by Gasteiger charge is -1.82. The molecule has 0 amide bonds. The minimum atomic E-state index is -1.24. The minimum absolute atomic E-state index is 0.218. The van der Waals surface area contributed by atoms with Crippen LogP contribution < -0.4 is 0 Å². The molecule has 2 aromatic heterocycles. The summed E-state index contributed by atoms with van der Waals surface area (Å²) in [6.45, 7) is 0. The van der Waals surface area contributed by atoms with Crippen molar-refractivity contribution in [1.29, 1.82) is 0 Å². The van der Waals surface area contributed by atoms with E-state index in [0.717, 1.165) is 0 Å². The molecule has 0 aliphatic rings. The Morgan fingerprint density at radius 3 is 2.93 bits per heavy atom. The van der Waals surface area contributed by atoms with Crippen LogP contribution in [0.2, 0.25) is 0 Å². The van der Waals surface area contributed by atoms with E-state index in [4.69, 9.17) is 5.11 Å². The largest absolute Gasteiger partial charge is 0.474 e. The first-order valence-electron chi connectivity index (χ1n) is 3.73. The molecule has 0 aliphatic heterocycles. The highest BCUT2D eigenvalue weighted by Crippen LogP contribution is 2.13. The molecular formula is C7H6N4O3. The van der Waals surface area contributed by atoms with E-state index >= 15 is 0 Å². The van der Waals surface area contributed by atoms with Crippen LogP contribution in [0.15, 0.2) is 16.9 Å². The molecule has 0 aliphatic carbocycles. The van der Waals surface area contributed by atoms with Crippen molar-refractivity contribution in [1.82, 2.24) is 19.9 Å². The third-order valence-electron chi connectivity index (χ3n) is 1.57. The van der Waals surface area contributed by atoms with E-state index in [9.17, 15) is 4.79 Å². The predicted octanol–water partition coefficient (Wildman–Crippen LogP) is 0.168. The molecule has 2 aromatic rings. The van der Waals surface area contributed by atoms with Crippen molar-refractivity contribution in [3.05, 3.63) is 18.3 Å². The number of hydrogen-bond acceptors (Lipinski definition) is 5. The van der Waals surface area contributed by atoms with E-state index in [1.54, 1.807) is 17.9 Å². The van der Waals surface area contributed by atoms with E-state index < -0.39 is 11.9 Å². The third-order valence-corrected chi connectivity index (χ3v) is 1.57. The maximum absolute atomic E-state index is 10.4. The van der Waals surface area contributed by atoms with Crippen molar-refractivity contribution in [3.63, 3.8) is 0 Å². The van der Waals surface area contributed by atoms with Gasteiger partial charge in [0.15, 0.2) is 0 Å². The molecule has 1 N–H and O–H groups in total. The van der Waals surface area contributed by atoms with Crippen LogP contribution in [0.25, 0.3) is 11.4 Å². The van der Waals surface area contributed by atoms with Gasteiger partial charge in [-0.05, 0) is 0 Å². The van der Waals surface area contributed by atoms with Gasteiger partial charge in [-0.3, -0.25) is 4.68 Å². The van der Waals surface area contributed by atoms with Crippen molar-refractivity contribution >= 4 is 5.97 Å². The van der Waals surface area contributed by atoms with E-state index in [-0.39, 0.29) is 5.82 Å². The van der Waals surface area contributed by atoms with Crippen LogP contribution in [0.3, 0.4) is 0 Å². The molecule has 7 nitrogen and oxygen atoms in total. The Bertz CT molecular complexity index is 473. The van der Waals surface area contributed by atoms with Crippen molar-refractivity contribution in [2.24, 2.45) is 7.05 Å². The number of rotatable bonds is 2. The second kappa shape index (κ2) is 2.95. The lowest BCUT2D eigenvalue weighted by atomic mass is 10.3. The fraction of sp³-hybridized carbons (Fsp3) is 0.143. The molecule has 0 atom stereocenters. The van der Waals surface area contributed by atoms with E-state index in [1.165, 1.54) is 6.20 Å². The average Bonchev–Trinajstić information content (AvgIpc) is 2.70. The first kappa shape index (κ1) is 8.42. The van der Waals surface area contributed by atoms with Crippen LogP contribution >= 0.6 is 0 Å². The molecule has 0 aromatic carbocycles. The highest BCUT2D eigenvalue weighted by molar-refractivity contribution is 5.82. The lowest BCUT2D eigenvalue weighted by Crippen LogP contribution is -1.95. The van der Waals surface area contributed by atoms with E-state index in [1.807, 2.05) is 0 Å². The Labute approximate surface area is 78.0 Å². The molecule has 0 bridgehead atoms. The summed E-state index contributed by atoms with van der Waals surface area (Å²) in [7, 11) is 1.74. The van der Waals surface area contributed by atoms with Gasteiger partial charge in [-0.25, -0.2) is 4.79 Å². The van der Waals surface area contributed by atoms with Crippen LogP contribution in [0, 0.1) is 0 Å². The topological polar surface area (TPSA) is 94.0 Å². The Balaban J connectivity index is 2.38. The van der Waals surface area contributed by atoms with Gasteiger partial charge in [-0.15, -0.1) is 0 Å². The standard InChI is InChI=1S/C7H6N4O3/c1-11-3-4(2-8-11)5-9-6(7(12)13)14-10-5/h2-3H,1H3,(H,12,13). The van der Waals surface area contributed by atoms with Crippen molar-refractivity contribution in [3.8, 4) is 11.4 Å². The van der Waals surface area contributed by atoms with Crippen LogP contribution in [0.4, 0.5) is 0 Å². The molecule has 0 spiro atoms. The zero-order valence-electron chi connectivity index (χ0n) is 7.21. The summed E-state index contributed by atoms with van der Waals surface area (Å²) >= 11 is 0. The number of aromatic nitrogens is 4. The van der Waals surface area contributed by atoms with Gasteiger partial charge in [0.2, 0.25) is 5.82 Å². The Kier molecular flexibility index (Phi) is 1.77. The number of carbonyl (C=O) groups is 1. The minimum Gasteiger partial charge on any atom is -0.474 e. The summed E-state index contributed by atoms with van der Waals surface area (Å²) in [5, 5.41) is 15.9. The number of carboxylic acids is 1. The SMILES string of the molecule is Cn1cc(-c2noc(C(=O)O)n2)cn1. The zero-order valence-corrected chi connectivity index (χ0v) is 7.21. The normalized spacial score (nSPS) is 10.4. The summed E-state index contributed by atoms with van der Waals surface area (Å²) in [4.78, 5) is 14.1. The molecule has 0 saturated carbocycles. The van der Waals surface area contributed by atoms with Crippen molar-refractivity contribution in [2.45, 2.75) is 0 Å². The van der Waals surface area contributed by atoms with Crippen LogP contribution in [0.5, 0.6) is 0 Å². The number of carboxylic acid groups (broad SMARTS) is 1. The Morgan fingerprint density at radius 2 is 2.43 bits per heavy atom. The summed E-state index contributed by atoms with van der Waals surface area (Å²) in [5.41, 5.74) is 0.615.